The van der Waals surface area contributed by atoms with E-state index in [2.05, 4.69) is 10.0 Å². The molecule has 18 heavy (non-hydrogen) atoms. The van der Waals surface area contributed by atoms with Crippen LogP contribution in [0.2, 0.25) is 0 Å². The summed E-state index contributed by atoms with van der Waals surface area (Å²) >= 11 is 0. The summed E-state index contributed by atoms with van der Waals surface area (Å²) in [6, 6.07) is 4.84. The number of benzene rings is 1. The van der Waals surface area contributed by atoms with Gasteiger partial charge in [0.15, 0.2) is 0 Å². The molecule has 1 aliphatic carbocycles. The zero-order valence-electron chi connectivity index (χ0n) is 10.2. The monoisotopic (exact) mass is 272 g/mol. The van der Waals surface area contributed by atoms with Gasteiger partial charge in [0.2, 0.25) is 10.0 Å². The van der Waals surface area contributed by atoms with Crippen molar-refractivity contribution in [2.45, 2.75) is 25.8 Å². The van der Waals surface area contributed by atoms with Gasteiger partial charge in [-0.2, -0.15) is 0 Å². The second-order valence-corrected chi connectivity index (χ2v) is 6.40. The maximum Gasteiger partial charge on any atom is 0.233 e. The van der Waals surface area contributed by atoms with Crippen LogP contribution in [0.1, 0.15) is 18.4 Å². The lowest BCUT2D eigenvalue weighted by Crippen LogP contribution is -2.28. The highest BCUT2D eigenvalue weighted by atomic mass is 32.2. The van der Waals surface area contributed by atoms with E-state index < -0.39 is 15.8 Å². The normalized spacial score (nSPS) is 15.7. The van der Waals surface area contributed by atoms with E-state index in [9.17, 15) is 12.8 Å². The van der Waals surface area contributed by atoms with Crippen LogP contribution >= 0.6 is 0 Å². The molecule has 0 bridgehead atoms. The van der Waals surface area contributed by atoms with Crippen LogP contribution in [0.5, 0.6) is 0 Å². The number of nitrogens with one attached hydrogen (secondary N) is 2. The van der Waals surface area contributed by atoms with Crippen LogP contribution in [0.25, 0.3) is 0 Å². The Kier molecular flexibility index (Phi) is 3.87. The van der Waals surface area contributed by atoms with E-state index >= 15 is 0 Å². The van der Waals surface area contributed by atoms with Crippen LogP contribution in [-0.2, 0) is 10.0 Å². The summed E-state index contributed by atoms with van der Waals surface area (Å²) in [5.41, 5.74) is 0.623. The largest absolute Gasteiger partial charge is 0.313 e. The highest BCUT2D eigenvalue weighted by Crippen LogP contribution is 2.19. The predicted molar refractivity (Wildman–Crippen MR) is 69.6 cm³/mol. The van der Waals surface area contributed by atoms with Gasteiger partial charge in [-0.05, 0) is 31.9 Å². The minimum atomic E-state index is -3.42. The van der Waals surface area contributed by atoms with Crippen LogP contribution in [-0.4, -0.2) is 26.8 Å². The Morgan fingerprint density at radius 1 is 1.39 bits per heavy atom. The SMILES string of the molecule is Cc1c(F)cccc1NS(=O)(=O)CCNC1CC1. The highest BCUT2D eigenvalue weighted by Gasteiger charge is 2.21. The molecule has 6 heteroatoms. The summed E-state index contributed by atoms with van der Waals surface area (Å²) in [5, 5.41) is 3.13. The zero-order chi connectivity index (χ0) is 13.2. The van der Waals surface area contributed by atoms with E-state index in [1.165, 1.54) is 12.1 Å². The Bertz CT molecular complexity index is 527. The number of hydrogen-bond donors (Lipinski definition) is 2. The average Bonchev–Trinajstić information content (AvgIpc) is 3.08. The van der Waals surface area contributed by atoms with Crippen molar-refractivity contribution in [2.24, 2.45) is 0 Å². The number of rotatable bonds is 6. The first kappa shape index (κ1) is 13.3. The molecule has 100 valence electrons. The molecule has 2 N–H and O–H groups in total. The molecular weight excluding hydrogens is 255 g/mol. The summed E-state index contributed by atoms with van der Waals surface area (Å²) in [6.07, 6.45) is 2.24. The van der Waals surface area contributed by atoms with Crippen molar-refractivity contribution in [1.82, 2.24) is 5.32 Å². The van der Waals surface area contributed by atoms with Gasteiger partial charge in [0.05, 0.1) is 11.4 Å². The molecular formula is C12H17FN2O2S. The number of halogens is 1. The number of hydrogen-bond acceptors (Lipinski definition) is 3. The van der Waals surface area contributed by atoms with Gasteiger partial charge in [0.25, 0.3) is 0 Å². The quantitative estimate of drug-likeness (QED) is 0.827. The average molecular weight is 272 g/mol. The molecule has 0 saturated heterocycles. The van der Waals surface area contributed by atoms with E-state index in [1.54, 1.807) is 13.0 Å². The molecule has 0 spiro atoms. The molecule has 1 fully saturated rings. The van der Waals surface area contributed by atoms with Crippen LogP contribution in [0.15, 0.2) is 18.2 Å². The van der Waals surface area contributed by atoms with E-state index in [0.29, 0.717) is 23.8 Å². The van der Waals surface area contributed by atoms with Gasteiger partial charge in [-0.25, -0.2) is 12.8 Å². The predicted octanol–water partition coefficient (Wildman–Crippen LogP) is 1.63. The van der Waals surface area contributed by atoms with E-state index in [4.69, 9.17) is 0 Å². The first-order valence-electron chi connectivity index (χ1n) is 5.97. The first-order valence-corrected chi connectivity index (χ1v) is 7.62. The van der Waals surface area contributed by atoms with Gasteiger partial charge >= 0.3 is 0 Å². The second kappa shape index (κ2) is 5.24. The molecule has 1 aromatic carbocycles. The molecule has 1 aliphatic rings. The highest BCUT2D eigenvalue weighted by molar-refractivity contribution is 7.92. The maximum absolute atomic E-state index is 13.3. The van der Waals surface area contributed by atoms with Crippen LogP contribution in [0, 0.1) is 12.7 Å². The smallest absolute Gasteiger partial charge is 0.233 e. The van der Waals surface area contributed by atoms with E-state index in [1.807, 2.05) is 0 Å². The molecule has 0 atom stereocenters. The molecule has 0 radical (unpaired) electrons. The number of anilines is 1. The van der Waals surface area contributed by atoms with Gasteiger partial charge in [-0.3, -0.25) is 4.72 Å². The summed E-state index contributed by atoms with van der Waals surface area (Å²) in [7, 11) is -3.42. The fourth-order valence-electron chi connectivity index (χ4n) is 1.62. The zero-order valence-corrected chi connectivity index (χ0v) is 11.1. The first-order chi connectivity index (χ1) is 8.48. The molecule has 0 heterocycles. The minimum Gasteiger partial charge on any atom is -0.313 e. The summed E-state index contributed by atoms with van der Waals surface area (Å²) in [5.74, 6) is -0.411. The fourth-order valence-corrected chi connectivity index (χ4v) is 2.67. The van der Waals surface area contributed by atoms with Gasteiger partial charge in [0, 0.05) is 18.2 Å². The lowest BCUT2D eigenvalue weighted by Gasteiger charge is -2.11. The Labute approximate surface area is 107 Å². The lowest BCUT2D eigenvalue weighted by molar-refractivity contribution is 0.595. The van der Waals surface area contributed by atoms with Gasteiger partial charge in [0.1, 0.15) is 5.82 Å². The topological polar surface area (TPSA) is 58.2 Å². The molecule has 4 nitrogen and oxygen atoms in total. The molecule has 0 aliphatic heterocycles. The summed E-state index contributed by atoms with van der Waals surface area (Å²) < 4.78 is 39.3. The summed E-state index contributed by atoms with van der Waals surface area (Å²) in [4.78, 5) is 0. The van der Waals surface area contributed by atoms with Crippen LogP contribution in [0.4, 0.5) is 10.1 Å². The number of sulfonamides is 1. The van der Waals surface area contributed by atoms with Gasteiger partial charge in [-0.1, -0.05) is 6.07 Å². The molecule has 0 aromatic heterocycles. The third-order valence-corrected chi connectivity index (χ3v) is 4.19. The van der Waals surface area contributed by atoms with Crippen LogP contribution in [0.3, 0.4) is 0 Å². The maximum atomic E-state index is 13.3. The molecule has 0 unspecified atom stereocenters. The molecule has 2 rings (SSSR count). The Balaban J connectivity index is 1.95. The van der Waals surface area contributed by atoms with Crippen molar-refractivity contribution < 1.29 is 12.8 Å². The van der Waals surface area contributed by atoms with Crippen molar-refractivity contribution in [3.63, 3.8) is 0 Å². The molecule has 1 saturated carbocycles. The third kappa shape index (κ3) is 3.68. The van der Waals surface area contributed by atoms with Crippen molar-refractivity contribution >= 4 is 15.7 Å². The molecule has 0 amide bonds. The Morgan fingerprint density at radius 3 is 2.78 bits per heavy atom. The minimum absolute atomic E-state index is 0.000542. The van der Waals surface area contributed by atoms with Gasteiger partial charge in [-0.15, -0.1) is 0 Å². The van der Waals surface area contributed by atoms with Crippen molar-refractivity contribution in [3.05, 3.63) is 29.6 Å². The Morgan fingerprint density at radius 2 is 2.11 bits per heavy atom. The van der Waals surface area contributed by atoms with E-state index in [0.717, 1.165) is 12.8 Å². The van der Waals surface area contributed by atoms with Crippen molar-refractivity contribution in [1.29, 1.82) is 0 Å². The fraction of sp³-hybridized carbons (Fsp3) is 0.500. The van der Waals surface area contributed by atoms with Crippen LogP contribution < -0.4 is 10.0 Å². The van der Waals surface area contributed by atoms with E-state index in [-0.39, 0.29) is 5.75 Å². The summed E-state index contributed by atoms with van der Waals surface area (Å²) in [6.45, 7) is 1.98. The standard InChI is InChI=1S/C12H17FN2O2S/c1-9-11(13)3-2-4-12(9)15-18(16,17)8-7-14-10-5-6-10/h2-4,10,14-15H,5-8H2,1H3. The third-order valence-electron chi connectivity index (χ3n) is 2.91. The van der Waals surface area contributed by atoms with Crippen molar-refractivity contribution in [3.8, 4) is 0 Å². The Hall–Kier alpha value is -1.14. The van der Waals surface area contributed by atoms with Gasteiger partial charge < -0.3 is 5.32 Å². The second-order valence-electron chi connectivity index (χ2n) is 4.56. The molecule has 1 aromatic rings. The lowest BCUT2D eigenvalue weighted by atomic mass is 10.2. The van der Waals surface area contributed by atoms with Crippen molar-refractivity contribution in [2.75, 3.05) is 17.0 Å².